The van der Waals surface area contributed by atoms with Crippen LogP contribution in [0.4, 0.5) is 0 Å². The second-order valence-corrected chi connectivity index (χ2v) is 5.06. The van der Waals surface area contributed by atoms with Gasteiger partial charge in [-0.1, -0.05) is 87.4 Å². The first-order valence-corrected chi connectivity index (χ1v) is 8.46. The van der Waals surface area contributed by atoms with Gasteiger partial charge < -0.3 is 0 Å². The molecule has 0 rings (SSSR count). The van der Waals surface area contributed by atoms with Gasteiger partial charge in [0.15, 0.2) is 0 Å². The summed E-state index contributed by atoms with van der Waals surface area (Å²) in [4.78, 5) is 0. The van der Waals surface area contributed by atoms with Crippen LogP contribution in [0.2, 0.25) is 0 Å². The van der Waals surface area contributed by atoms with E-state index in [1.165, 1.54) is 19.3 Å². The Balaban J connectivity index is 3.41. The van der Waals surface area contributed by atoms with E-state index in [-0.39, 0.29) is 0 Å². The van der Waals surface area contributed by atoms with Crippen LogP contribution in [0.5, 0.6) is 0 Å². The van der Waals surface area contributed by atoms with Gasteiger partial charge in [-0.3, -0.25) is 0 Å². The zero-order valence-electron chi connectivity index (χ0n) is 13.8. The third-order valence-electron chi connectivity index (χ3n) is 3.03. The van der Waals surface area contributed by atoms with E-state index in [2.05, 4.69) is 74.6 Å². The van der Waals surface area contributed by atoms with Gasteiger partial charge >= 0.3 is 0 Å². The zero-order valence-corrected chi connectivity index (χ0v) is 13.8. The van der Waals surface area contributed by atoms with Crippen LogP contribution >= 0.6 is 0 Å². The van der Waals surface area contributed by atoms with Gasteiger partial charge in [-0.15, -0.1) is 0 Å². The molecule has 0 heterocycles. The van der Waals surface area contributed by atoms with E-state index < -0.39 is 0 Å². The van der Waals surface area contributed by atoms with E-state index in [1.807, 2.05) is 0 Å². The molecule has 0 heteroatoms. The predicted octanol–water partition coefficient (Wildman–Crippen LogP) is 7.13. The number of hydrogen-bond acceptors (Lipinski definition) is 0. The second kappa shape index (κ2) is 18.7. The summed E-state index contributed by atoms with van der Waals surface area (Å²) in [5, 5.41) is 0. The third-order valence-corrected chi connectivity index (χ3v) is 3.03. The van der Waals surface area contributed by atoms with Crippen molar-refractivity contribution < 1.29 is 0 Å². The lowest BCUT2D eigenvalue weighted by Gasteiger charge is -1.90. The molecule has 1 radical (unpaired) electrons. The molecule has 0 N–H and O–H groups in total. The van der Waals surface area contributed by atoms with Crippen LogP contribution < -0.4 is 0 Å². The van der Waals surface area contributed by atoms with Gasteiger partial charge in [0.1, 0.15) is 0 Å². The molecule has 0 aliphatic rings. The highest BCUT2D eigenvalue weighted by atomic mass is 13.9. The molecule has 0 atom stereocenters. The summed E-state index contributed by atoms with van der Waals surface area (Å²) >= 11 is 0. The third kappa shape index (κ3) is 18.7. The summed E-state index contributed by atoms with van der Waals surface area (Å²) in [7, 11) is 0. The normalized spacial score (nSPS) is 13.0. The smallest absolute Gasteiger partial charge is 0.0169 e. The Morgan fingerprint density at radius 1 is 0.571 bits per heavy atom. The summed E-state index contributed by atoms with van der Waals surface area (Å²) in [6.07, 6.45) is 32.5. The fraction of sp³-hybridized carbons (Fsp3) is 0.476. The summed E-state index contributed by atoms with van der Waals surface area (Å²) < 4.78 is 0. The van der Waals surface area contributed by atoms with Crippen LogP contribution in [0.15, 0.2) is 60.8 Å². The van der Waals surface area contributed by atoms with Gasteiger partial charge in [-0.2, -0.15) is 0 Å². The first-order valence-electron chi connectivity index (χ1n) is 8.46. The van der Waals surface area contributed by atoms with Gasteiger partial charge in [-0.05, 0) is 44.9 Å². The number of allylic oxidation sites excluding steroid dienone is 10. The average Bonchev–Trinajstić information content (AvgIpc) is 2.50. The number of unbranched alkanes of at least 4 members (excludes halogenated alkanes) is 3. The van der Waals surface area contributed by atoms with Gasteiger partial charge in [0.2, 0.25) is 0 Å². The molecule has 0 saturated heterocycles. The van der Waals surface area contributed by atoms with Crippen LogP contribution in [0, 0.1) is 6.92 Å². The maximum atomic E-state index is 3.85. The van der Waals surface area contributed by atoms with Crippen LogP contribution in [-0.4, -0.2) is 0 Å². The predicted molar refractivity (Wildman–Crippen MR) is 98.3 cm³/mol. The molecule has 0 bridgehead atoms. The lowest BCUT2D eigenvalue weighted by molar-refractivity contribution is 0.759. The molecular weight excluding hydrogens is 252 g/mol. The summed E-state index contributed by atoms with van der Waals surface area (Å²) in [6, 6.07) is 0. The Hall–Kier alpha value is -1.30. The highest BCUT2D eigenvalue weighted by Gasteiger charge is 1.80. The van der Waals surface area contributed by atoms with Crippen LogP contribution in [0.25, 0.3) is 0 Å². The SMILES string of the molecule is [CH2]CCCC/C=C\C/C=C\C/C=C\C/C=C\C/C=C\CC. The minimum Gasteiger partial charge on any atom is -0.0885 e. The fourth-order valence-corrected chi connectivity index (χ4v) is 1.81. The quantitative estimate of drug-likeness (QED) is 0.249. The molecule has 21 heavy (non-hydrogen) atoms. The number of rotatable bonds is 13. The van der Waals surface area contributed by atoms with Crippen molar-refractivity contribution in [2.24, 2.45) is 0 Å². The maximum Gasteiger partial charge on any atom is -0.0169 e. The Morgan fingerprint density at radius 2 is 1.00 bits per heavy atom. The first-order chi connectivity index (χ1) is 10.4. The van der Waals surface area contributed by atoms with Crippen LogP contribution in [0.3, 0.4) is 0 Å². The Labute approximate surface area is 133 Å². The Morgan fingerprint density at radius 3 is 1.43 bits per heavy atom. The van der Waals surface area contributed by atoms with E-state index in [9.17, 15) is 0 Å². The lowest BCUT2D eigenvalue weighted by Crippen LogP contribution is -1.70. The summed E-state index contributed by atoms with van der Waals surface area (Å²) in [6.45, 7) is 6.01. The van der Waals surface area contributed by atoms with Gasteiger partial charge in [0, 0.05) is 0 Å². The zero-order chi connectivity index (χ0) is 15.4. The van der Waals surface area contributed by atoms with Crippen LogP contribution in [-0.2, 0) is 0 Å². The molecule has 0 fully saturated rings. The van der Waals surface area contributed by atoms with Crippen LogP contribution in [0.1, 0.15) is 64.7 Å². The van der Waals surface area contributed by atoms with Crippen molar-refractivity contribution in [3.05, 3.63) is 67.7 Å². The first kappa shape index (κ1) is 19.7. The molecule has 0 spiro atoms. The van der Waals surface area contributed by atoms with Crippen molar-refractivity contribution in [3.8, 4) is 0 Å². The minimum atomic E-state index is 1.04. The van der Waals surface area contributed by atoms with E-state index in [0.717, 1.165) is 38.5 Å². The van der Waals surface area contributed by atoms with E-state index >= 15 is 0 Å². The van der Waals surface area contributed by atoms with Crippen molar-refractivity contribution in [1.82, 2.24) is 0 Å². The largest absolute Gasteiger partial charge is 0.0885 e. The molecule has 0 unspecified atom stereocenters. The molecule has 117 valence electrons. The molecule has 0 saturated carbocycles. The van der Waals surface area contributed by atoms with E-state index in [4.69, 9.17) is 0 Å². The lowest BCUT2D eigenvalue weighted by atomic mass is 10.2. The van der Waals surface area contributed by atoms with Gasteiger partial charge in [0.05, 0.1) is 0 Å². The molecule has 0 aromatic heterocycles. The summed E-state index contributed by atoms with van der Waals surface area (Å²) in [5.41, 5.74) is 0. The number of hydrogen-bond donors (Lipinski definition) is 0. The minimum absolute atomic E-state index is 1.04. The average molecular weight is 285 g/mol. The molecule has 0 aliphatic heterocycles. The van der Waals surface area contributed by atoms with E-state index in [1.54, 1.807) is 0 Å². The maximum absolute atomic E-state index is 3.85. The molecule has 0 nitrogen and oxygen atoms in total. The molecular formula is C21H33. The van der Waals surface area contributed by atoms with Gasteiger partial charge in [0.25, 0.3) is 0 Å². The second-order valence-electron chi connectivity index (χ2n) is 5.06. The van der Waals surface area contributed by atoms with Crippen molar-refractivity contribution in [2.45, 2.75) is 64.7 Å². The van der Waals surface area contributed by atoms with Crippen molar-refractivity contribution in [2.75, 3.05) is 0 Å². The van der Waals surface area contributed by atoms with Crippen molar-refractivity contribution >= 4 is 0 Å². The summed E-state index contributed by atoms with van der Waals surface area (Å²) in [5.74, 6) is 0. The molecule has 0 aliphatic carbocycles. The fourth-order valence-electron chi connectivity index (χ4n) is 1.81. The molecule has 0 aromatic rings. The molecule has 0 amide bonds. The van der Waals surface area contributed by atoms with Gasteiger partial charge in [-0.25, -0.2) is 0 Å². The standard InChI is InChI=1S/C21H33/c1-3-5-7-9-11-13-15-17-19-21-20-18-16-14-12-10-8-6-4-2/h6,8,11-14,17-20H,1,3-5,7,9-10,15-16,21H2,2H3/b8-6-,13-11-,14-12-,19-17-,20-18-. The topological polar surface area (TPSA) is 0 Å². The highest BCUT2D eigenvalue weighted by molar-refractivity contribution is 5.00. The Kier molecular flexibility index (Phi) is 17.5. The molecule has 0 aromatic carbocycles. The highest BCUT2D eigenvalue weighted by Crippen LogP contribution is 2.00. The Bertz CT molecular complexity index is 326. The van der Waals surface area contributed by atoms with Crippen molar-refractivity contribution in [1.29, 1.82) is 0 Å². The monoisotopic (exact) mass is 285 g/mol. The van der Waals surface area contributed by atoms with Crippen molar-refractivity contribution in [3.63, 3.8) is 0 Å². The van der Waals surface area contributed by atoms with E-state index in [0.29, 0.717) is 0 Å².